The van der Waals surface area contributed by atoms with Crippen LogP contribution in [0.1, 0.15) is 29.4 Å². The second-order valence-electron chi connectivity index (χ2n) is 5.67. The third-order valence-corrected chi connectivity index (χ3v) is 4.08. The Morgan fingerprint density at radius 3 is 3.10 bits per heavy atom. The van der Waals surface area contributed by atoms with Gasteiger partial charge in [0.05, 0.1) is 6.61 Å². The molecule has 6 nitrogen and oxygen atoms in total. The van der Waals surface area contributed by atoms with Crippen LogP contribution in [0.4, 0.5) is 5.69 Å². The van der Waals surface area contributed by atoms with Crippen LogP contribution < -0.4 is 5.32 Å². The summed E-state index contributed by atoms with van der Waals surface area (Å²) in [4.78, 5) is 6.76. The van der Waals surface area contributed by atoms with E-state index < -0.39 is 0 Å². The Morgan fingerprint density at radius 1 is 1.33 bits per heavy atom. The highest BCUT2D eigenvalue weighted by Crippen LogP contribution is 2.33. The molecule has 0 amide bonds. The summed E-state index contributed by atoms with van der Waals surface area (Å²) < 4.78 is 11.2. The summed E-state index contributed by atoms with van der Waals surface area (Å²) in [7, 11) is 2.08. The zero-order chi connectivity index (χ0) is 14.2. The number of hydrogen-bond donors (Lipinski definition) is 1. The number of morpholine rings is 1. The van der Waals surface area contributed by atoms with Crippen molar-refractivity contribution in [3.8, 4) is 0 Å². The molecule has 2 aliphatic heterocycles. The van der Waals surface area contributed by atoms with Gasteiger partial charge >= 0.3 is 0 Å². The van der Waals surface area contributed by atoms with Crippen molar-refractivity contribution in [2.24, 2.45) is 0 Å². The number of ether oxygens (including phenoxy) is 1. The Balaban J connectivity index is 1.51. The normalized spacial score (nSPS) is 25.6. The molecule has 1 N–H and O–H groups in total. The van der Waals surface area contributed by atoms with Gasteiger partial charge in [0.25, 0.3) is 0 Å². The third kappa shape index (κ3) is 2.41. The maximum absolute atomic E-state index is 5.73. The van der Waals surface area contributed by atoms with Crippen LogP contribution in [-0.4, -0.2) is 41.8 Å². The third-order valence-electron chi connectivity index (χ3n) is 4.08. The molecule has 3 heterocycles. The fraction of sp³-hybridized carbons (Fsp3) is 0.467. The number of likely N-dealkylation sites (N-methyl/N-ethyl adjacent to an activating group) is 1. The minimum atomic E-state index is -0.0926. The van der Waals surface area contributed by atoms with Crippen molar-refractivity contribution < 1.29 is 9.26 Å². The molecule has 1 aromatic carbocycles. The van der Waals surface area contributed by atoms with E-state index in [-0.39, 0.29) is 12.1 Å². The van der Waals surface area contributed by atoms with E-state index in [4.69, 9.17) is 9.26 Å². The fourth-order valence-electron chi connectivity index (χ4n) is 2.90. The van der Waals surface area contributed by atoms with Crippen molar-refractivity contribution in [3.05, 3.63) is 41.5 Å². The van der Waals surface area contributed by atoms with Gasteiger partial charge in [-0.3, -0.25) is 0 Å². The van der Waals surface area contributed by atoms with Gasteiger partial charge in [-0.15, -0.1) is 0 Å². The van der Waals surface area contributed by atoms with Crippen LogP contribution in [0, 0.1) is 0 Å². The van der Waals surface area contributed by atoms with Gasteiger partial charge in [0.2, 0.25) is 11.7 Å². The van der Waals surface area contributed by atoms with E-state index >= 15 is 0 Å². The van der Waals surface area contributed by atoms with Crippen molar-refractivity contribution in [3.63, 3.8) is 0 Å². The second-order valence-corrected chi connectivity index (χ2v) is 5.67. The number of benzene rings is 1. The van der Waals surface area contributed by atoms with E-state index in [1.165, 1.54) is 5.56 Å². The van der Waals surface area contributed by atoms with E-state index in [2.05, 4.69) is 39.5 Å². The van der Waals surface area contributed by atoms with Crippen LogP contribution in [0.25, 0.3) is 0 Å². The van der Waals surface area contributed by atoms with Crippen LogP contribution in [0.3, 0.4) is 0 Å². The molecule has 1 fully saturated rings. The number of para-hydroxylation sites is 1. The smallest absolute Gasteiger partial charge is 0.249 e. The topological polar surface area (TPSA) is 63.4 Å². The summed E-state index contributed by atoms with van der Waals surface area (Å²) in [6.45, 7) is 2.45. The molecule has 1 aromatic heterocycles. The molecule has 4 rings (SSSR count). The van der Waals surface area contributed by atoms with Crippen molar-refractivity contribution in [2.75, 3.05) is 32.1 Å². The molecule has 0 spiro atoms. The van der Waals surface area contributed by atoms with Crippen LogP contribution >= 0.6 is 0 Å². The lowest BCUT2D eigenvalue weighted by Gasteiger charge is -2.27. The fourth-order valence-corrected chi connectivity index (χ4v) is 2.90. The number of nitrogens with zero attached hydrogens (tertiary/aromatic N) is 3. The Bertz CT molecular complexity index is 617. The first-order valence-corrected chi connectivity index (χ1v) is 7.27. The van der Waals surface area contributed by atoms with E-state index in [0.29, 0.717) is 18.3 Å². The Labute approximate surface area is 123 Å². The monoisotopic (exact) mass is 286 g/mol. The summed E-state index contributed by atoms with van der Waals surface area (Å²) in [6, 6.07) is 8.34. The lowest BCUT2D eigenvalue weighted by molar-refractivity contribution is -0.0264. The predicted octanol–water partition coefficient (Wildman–Crippen LogP) is 1.78. The van der Waals surface area contributed by atoms with Crippen molar-refractivity contribution >= 4 is 5.69 Å². The van der Waals surface area contributed by atoms with Crippen LogP contribution in [0.2, 0.25) is 0 Å². The summed E-state index contributed by atoms with van der Waals surface area (Å²) in [5, 5.41) is 7.53. The number of fused-ring (bicyclic) bond motifs is 1. The number of aromatic nitrogens is 2. The second kappa shape index (κ2) is 5.13. The highest BCUT2D eigenvalue weighted by atomic mass is 16.5. The van der Waals surface area contributed by atoms with Gasteiger partial charge < -0.3 is 19.5 Å². The van der Waals surface area contributed by atoms with Gasteiger partial charge in [0, 0.05) is 25.2 Å². The summed E-state index contributed by atoms with van der Waals surface area (Å²) in [5.74, 6) is 1.28. The highest BCUT2D eigenvalue weighted by molar-refractivity contribution is 5.56. The zero-order valence-electron chi connectivity index (χ0n) is 12.0. The molecule has 2 aromatic rings. The lowest BCUT2D eigenvalue weighted by atomic mass is 10.1. The molecule has 0 radical (unpaired) electrons. The molecule has 2 aliphatic rings. The molecule has 0 aliphatic carbocycles. The standard InChI is InChI=1S/C15H18N4O2/c1-19-6-7-20-13(9-19)14-17-15(21-18-14)12-8-10-4-2-3-5-11(10)16-12/h2-5,12-13,16H,6-9H2,1H3. The molecular weight excluding hydrogens is 268 g/mol. The Kier molecular flexibility index (Phi) is 3.12. The van der Waals surface area contributed by atoms with E-state index in [0.717, 1.165) is 25.2 Å². The lowest BCUT2D eigenvalue weighted by Crippen LogP contribution is -2.35. The molecule has 0 saturated carbocycles. The predicted molar refractivity (Wildman–Crippen MR) is 77.0 cm³/mol. The van der Waals surface area contributed by atoms with Crippen LogP contribution in [0.5, 0.6) is 0 Å². The number of rotatable bonds is 2. The van der Waals surface area contributed by atoms with E-state index in [1.54, 1.807) is 0 Å². The quantitative estimate of drug-likeness (QED) is 0.908. The van der Waals surface area contributed by atoms with Crippen molar-refractivity contribution in [2.45, 2.75) is 18.6 Å². The van der Waals surface area contributed by atoms with Crippen molar-refractivity contribution in [1.82, 2.24) is 15.0 Å². The molecule has 0 bridgehead atoms. The number of nitrogens with one attached hydrogen (secondary N) is 1. The van der Waals surface area contributed by atoms with Gasteiger partial charge in [0.15, 0.2) is 0 Å². The zero-order valence-corrected chi connectivity index (χ0v) is 12.0. The maximum Gasteiger partial charge on any atom is 0.249 e. The number of hydrogen-bond acceptors (Lipinski definition) is 6. The maximum atomic E-state index is 5.73. The van der Waals surface area contributed by atoms with Gasteiger partial charge in [-0.05, 0) is 18.7 Å². The van der Waals surface area contributed by atoms with E-state index in [1.807, 2.05) is 12.1 Å². The SMILES string of the molecule is CN1CCOC(c2noc(C3Cc4ccccc4N3)n2)C1. The first kappa shape index (κ1) is 12.8. The van der Waals surface area contributed by atoms with E-state index in [9.17, 15) is 0 Å². The number of anilines is 1. The molecule has 1 saturated heterocycles. The molecule has 2 atom stereocenters. The van der Waals surface area contributed by atoms with Crippen LogP contribution in [-0.2, 0) is 11.2 Å². The Hall–Kier alpha value is -1.92. The summed E-state index contributed by atoms with van der Waals surface area (Å²) in [6.07, 6.45) is 0.786. The van der Waals surface area contributed by atoms with Gasteiger partial charge in [-0.25, -0.2) is 0 Å². The molecule has 110 valence electrons. The minimum Gasteiger partial charge on any atom is -0.373 e. The average molecular weight is 286 g/mol. The highest BCUT2D eigenvalue weighted by Gasteiger charge is 2.29. The molecule has 21 heavy (non-hydrogen) atoms. The first-order chi connectivity index (χ1) is 10.3. The molecular formula is C15H18N4O2. The van der Waals surface area contributed by atoms with Crippen LogP contribution in [0.15, 0.2) is 28.8 Å². The van der Waals surface area contributed by atoms with Gasteiger partial charge in [-0.1, -0.05) is 23.4 Å². The summed E-state index contributed by atoms with van der Waals surface area (Å²) >= 11 is 0. The first-order valence-electron chi connectivity index (χ1n) is 7.27. The summed E-state index contributed by atoms with van der Waals surface area (Å²) in [5.41, 5.74) is 2.44. The Morgan fingerprint density at radius 2 is 2.24 bits per heavy atom. The minimum absolute atomic E-state index is 0.0602. The van der Waals surface area contributed by atoms with Gasteiger partial charge in [-0.2, -0.15) is 4.98 Å². The van der Waals surface area contributed by atoms with Crippen molar-refractivity contribution in [1.29, 1.82) is 0 Å². The molecule has 6 heteroatoms. The largest absolute Gasteiger partial charge is 0.373 e. The molecule has 2 unspecified atom stereocenters. The average Bonchev–Trinajstić information content (AvgIpc) is 3.14. The van der Waals surface area contributed by atoms with Gasteiger partial charge in [0.1, 0.15) is 12.1 Å².